The molecule has 102 valence electrons. The SMILES string of the molecule is CC1CCN(CCc2nc(-c3ncn[nH]3)n[nH]2)CC1. The van der Waals surface area contributed by atoms with Gasteiger partial charge in [-0.05, 0) is 31.8 Å². The number of piperidine rings is 1. The van der Waals surface area contributed by atoms with Crippen molar-refractivity contribution in [3.63, 3.8) is 0 Å². The van der Waals surface area contributed by atoms with E-state index in [1.165, 1.54) is 32.3 Å². The predicted molar refractivity (Wildman–Crippen MR) is 70.3 cm³/mol. The summed E-state index contributed by atoms with van der Waals surface area (Å²) < 4.78 is 0. The van der Waals surface area contributed by atoms with Gasteiger partial charge in [-0.25, -0.2) is 9.97 Å². The van der Waals surface area contributed by atoms with Crippen molar-refractivity contribution in [2.24, 2.45) is 5.92 Å². The quantitative estimate of drug-likeness (QED) is 0.852. The average Bonchev–Trinajstić information content (AvgIpc) is 3.09. The first kappa shape index (κ1) is 12.3. The smallest absolute Gasteiger partial charge is 0.218 e. The molecule has 1 aliphatic heterocycles. The van der Waals surface area contributed by atoms with Crippen LogP contribution in [0.25, 0.3) is 11.6 Å². The van der Waals surface area contributed by atoms with Crippen molar-refractivity contribution < 1.29 is 0 Å². The van der Waals surface area contributed by atoms with E-state index in [9.17, 15) is 0 Å². The second-order valence-electron chi connectivity index (χ2n) is 5.21. The molecule has 3 rings (SSSR count). The molecule has 0 spiro atoms. The Balaban J connectivity index is 1.53. The highest BCUT2D eigenvalue weighted by atomic mass is 15.3. The van der Waals surface area contributed by atoms with Crippen molar-refractivity contribution >= 4 is 0 Å². The summed E-state index contributed by atoms with van der Waals surface area (Å²) in [4.78, 5) is 11.0. The number of aromatic nitrogens is 6. The molecule has 7 nitrogen and oxygen atoms in total. The number of rotatable bonds is 4. The highest BCUT2D eigenvalue weighted by molar-refractivity contribution is 5.40. The third-order valence-electron chi connectivity index (χ3n) is 3.70. The van der Waals surface area contributed by atoms with Crippen molar-refractivity contribution in [3.8, 4) is 11.6 Å². The molecule has 3 heterocycles. The van der Waals surface area contributed by atoms with Crippen LogP contribution in [0, 0.1) is 5.92 Å². The Morgan fingerprint density at radius 2 is 2.16 bits per heavy atom. The molecule has 1 saturated heterocycles. The molecule has 0 amide bonds. The van der Waals surface area contributed by atoms with E-state index in [2.05, 4.69) is 42.2 Å². The van der Waals surface area contributed by atoms with E-state index in [1.807, 2.05) is 0 Å². The molecule has 2 aromatic rings. The molecule has 19 heavy (non-hydrogen) atoms. The zero-order chi connectivity index (χ0) is 13.1. The van der Waals surface area contributed by atoms with Crippen molar-refractivity contribution in [2.45, 2.75) is 26.2 Å². The minimum Gasteiger partial charge on any atom is -0.303 e. The maximum atomic E-state index is 4.42. The van der Waals surface area contributed by atoms with Crippen LogP contribution in [-0.2, 0) is 6.42 Å². The largest absolute Gasteiger partial charge is 0.303 e. The summed E-state index contributed by atoms with van der Waals surface area (Å²) in [5.41, 5.74) is 0. The van der Waals surface area contributed by atoms with E-state index in [4.69, 9.17) is 0 Å². The Morgan fingerprint density at radius 3 is 2.89 bits per heavy atom. The van der Waals surface area contributed by atoms with Crippen LogP contribution >= 0.6 is 0 Å². The van der Waals surface area contributed by atoms with Crippen LogP contribution in [0.4, 0.5) is 0 Å². The number of likely N-dealkylation sites (tertiary alicyclic amines) is 1. The normalized spacial score (nSPS) is 17.9. The highest BCUT2D eigenvalue weighted by Crippen LogP contribution is 2.16. The van der Waals surface area contributed by atoms with Crippen LogP contribution in [0.5, 0.6) is 0 Å². The molecular weight excluding hydrogens is 242 g/mol. The van der Waals surface area contributed by atoms with Gasteiger partial charge in [-0.3, -0.25) is 10.2 Å². The predicted octanol–water partition coefficient (Wildman–Crippen LogP) is 0.864. The Labute approximate surface area is 111 Å². The van der Waals surface area contributed by atoms with Gasteiger partial charge in [0, 0.05) is 13.0 Å². The van der Waals surface area contributed by atoms with E-state index in [0.29, 0.717) is 11.6 Å². The van der Waals surface area contributed by atoms with Crippen molar-refractivity contribution in [2.75, 3.05) is 19.6 Å². The standard InChI is InChI=1S/C12H19N7/c1-9-2-5-19(6-3-9)7-4-10-15-12(18-16-10)11-13-8-14-17-11/h8-9H,2-7H2,1H3,(H,13,14,17)(H,15,16,18). The Bertz CT molecular complexity index is 496. The summed E-state index contributed by atoms with van der Waals surface area (Å²) in [6.45, 7) is 5.77. The first-order valence-electron chi connectivity index (χ1n) is 6.80. The Kier molecular flexibility index (Phi) is 3.54. The fourth-order valence-corrected chi connectivity index (χ4v) is 2.38. The van der Waals surface area contributed by atoms with E-state index >= 15 is 0 Å². The third-order valence-corrected chi connectivity index (χ3v) is 3.70. The molecule has 0 atom stereocenters. The molecule has 0 unspecified atom stereocenters. The van der Waals surface area contributed by atoms with Gasteiger partial charge in [0.25, 0.3) is 0 Å². The van der Waals surface area contributed by atoms with Crippen LogP contribution in [-0.4, -0.2) is 54.9 Å². The van der Waals surface area contributed by atoms with Gasteiger partial charge in [-0.1, -0.05) is 6.92 Å². The van der Waals surface area contributed by atoms with Gasteiger partial charge in [0.15, 0.2) is 5.82 Å². The number of hydrogen-bond acceptors (Lipinski definition) is 5. The van der Waals surface area contributed by atoms with E-state index < -0.39 is 0 Å². The number of nitrogens with one attached hydrogen (secondary N) is 2. The molecular formula is C12H19N7. The summed E-state index contributed by atoms with van der Waals surface area (Å²) in [5.74, 6) is 2.97. The van der Waals surface area contributed by atoms with Gasteiger partial charge < -0.3 is 4.90 Å². The van der Waals surface area contributed by atoms with Gasteiger partial charge in [-0.2, -0.15) is 5.10 Å². The number of hydrogen-bond donors (Lipinski definition) is 2. The van der Waals surface area contributed by atoms with Crippen molar-refractivity contribution in [3.05, 3.63) is 12.2 Å². The number of nitrogens with zero attached hydrogens (tertiary/aromatic N) is 5. The first-order valence-corrected chi connectivity index (χ1v) is 6.80. The lowest BCUT2D eigenvalue weighted by Crippen LogP contribution is -2.34. The lowest BCUT2D eigenvalue weighted by atomic mass is 9.99. The fraction of sp³-hybridized carbons (Fsp3) is 0.667. The fourth-order valence-electron chi connectivity index (χ4n) is 2.38. The molecule has 0 bridgehead atoms. The molecule has 0 aliphatic carbocycles. The molecule has 2 aromatic heterocycles. The van der Waals surface area contributed by atoms with Crippen LogP contribution in [0.1, 0.15) is 25.6 Å². The number of aromatic amines is 2. The number of H-pyrrole nitrogens is 2. The van der Waals surface area contributed by atoms with Crippen molar-refractivity contribution in [1.82, 2.24) is 35.3 Å². The first-order chi connectivity index (χ1) is 9.31. The van der Waals surface area contributed by atoms with Crippen LogP contribution in [0.2, 0.25) is 0 Å². The molecule has 0 radical (unpaired) electrons. The minimum atomic E-state index is 0.583. The van der Waals surface area contributed by atoms with E-state index in [0.717, 1.165) is 24.7 Å². The van der Waals surface area contributed by atoms with Crippen molar-refractivity contribution in [1.29, 1.82) is 0 Å². The summed E-state index contributed by atoms with van der Waals surface area (Å²) in [6.07, 6.45) is 4.97. The molecule has 1 aliphatic rings. The zero-order valence-corrected chi connectivity index (χ0v) is 11.1. The lowest BCUT2D eigenvalue weighted by molar-refractivity contribution is 0.193. The summed E-state index contributed by atoms with van der Waals surface area (Å²) in [5, 5.41) is 13.7. The maximum absolute atomic E-state index is 4.42. The Hall–Kier alpha value is -1.76. The molecule has 7 heteroatoms. The van der Waals surface area contributed by atoms with Gasteiger partial charge in [0.05, 0.1) is 0 Å². The van der Waals surface area contributed by atoms with E-state index in [-0.39, 0.29) is 0 Å². The Morgan fingerprint density at radius 1 is 1.32 bits per heavy atom. The van der Waals surface area contributed by atoms with Gasteiger partial charge in [0.1, 0.15) is 12.2 Å². The monoisotopic (exact) mass is 261 g/mol. The highest BCUT2D eigenvalue weighted by Gasteiger charge is 2.16. The molecule has 0 aromatic carbocycles. The molecule has 0 saturated carbocycles. The molecule has 1 fully saturated rings. The maximum Gasteiger partial charge on any atom is 0.218 e. The van der Waals surface area contributed by atoms with Gasteiger partial charge >= 0.3 is 0 Å². The third kappa shape index (κ3) is 2.98. The van der Waals surface area contributed by atoms with E-state index in [1.54, 1.807) is 0 Å². The van der Waals surface area contributed by atoms with Crippen LogP contribution in [0.3, 0.4) is 0 Å². The van der Waals surface area contributed by atoms with Crippen LogP contribution in [0.15, 0.2) is 6.33 Å². The summed E-state index contributed by atoms with van der Waals surface area (Å²) in [6, 6.07) is 0. The topological polar surface area (TPSA) is 86.4 Å². The van der Waals surface area contributed by atoms with Crippen LogP contribution < -0.4 is 0 Å². The minimum absolute atomic E-state index is 0.583. The van der Waals surface area contributed by atoms with Gasteiger partial charge in [0.2, 0.25) is 5.82 Å². The second kappa shape index (κ2) is 5.48. The average molecular weight is 261 g/mol. The summed E-state index contributed by atoms with van der Waals surface area (Å²) in [7, 11) is 0. The zero-order valence-electron chi connectivity index (χ0n) is 11.1. The summed E-state index contributed by atoms with van der Waals surface area (Å²) >= 11 is 0. The lowest BCUT2D eigenvalue weighted by Gasteiger charge is -2.29. The second-order valence-corrected chi connectivity index (χ2v) is 5.21. The molecule has 2 N–H and O–H groups in total. The van der Waals surface area contributed by atoms with Gasteiger partial charge in [-0.15, -0.1) is 5.10 Å².